The summed E-state index contributed by atoms with van der Waals surface area (Å²) >= 11 is 0. The van der Waals surface area contributed by atoms with Crippen molar-refractivity contribution in [1.29, 1.82) is 0 Å². The number of carbonyl (C=O) groups is 1. The van der Waals surface area contributed by atoms with Gasteiger partial charge in [-0.15, -0.1) is 0 Å². The van der Waals surface area contributed by atoms with E-state index in [2.05, 4.69) is 9.97 Å². The molecule has 0 aliphatic heterocycles. The lowest BCUT2D eigenvalue weighted by molar-refractivity contribution is -0.136. The molecule has 0 atom stereocenters. The van der Waals surface area contributed by atoms with Crippen molar-refractivity contribution in [3.63, 3.8) is 0 Å². The Labute approximate surface area is 99.3 Å². The summed E-state index contributed by atoms with van der Waals surface area (Å²) in [5.74, 6) is -0.766. The molecule has 4 nitrogen and oxygen atoms in total. The largest absolute Gasteiger partial charge is 0.481 e. The number of carboxylic acids is 1. The van der Waals surface area contributed by atoms with E-state index in [1.165, 1.54) is 0 Å². The molecule has 88 valence electrons. The van der Waals surface area contributed by atoms with Gasteiger partial charge in [0.1, 0.15) is 0 Å². The summed E-state index contributed by atoms with van der Waals surface area (Å²) in [7, 11) is 0. The van der Waals surface area contributed by atoms with Crippen LogP contribution in [0.3, 0.4) is 0 Å². The SMILES string of the molecule is Cc1[nH]cnc1-c1ccc(CCC(=O)O)cc1. The summed E-state index contributed by atoms with van der Waals surface area (Å²) in [6, 6.07) is 7.85. The Balaban J connectivity index is 2.13. The molecule has 0 bridgehead atoms. The number of aliphatic carboxylic acids is 1. The number of aryl methyl sites for hydroxylation is 2. The number of hydrogen-bond acceptors (Lipinski definition) is 2. The predicted octanol–water partition coefficient (Wildman–Crippen LogP) is 2.40. The van der Waals surface area contributed by atoms with E-state index < -0.39 is 5.97 Å². The van der Waals surface area contributed by atoms with Crippen LogP contribution in [-0.4, -0.2) is 21.0 Å². The first-order chi connectivity index (χ1) is 8.16. The van der Waals surface area contributed by atoms with E-state index in [0.29, 0.717) is 6.42 Å². The van der Waals surface area contributed by atoms with E-state index in [1.807, 2.05) is 31.2 Å². The molecule has 17 heavy (non-hydrogen) atoms. The van der Waals surface area contributed by atoms with Crippen LogP contribution >= 0.6 is 0 Å². The van der Waals surface area contributed by atoms with Gasteiger partial charge in [-0.1, -0.05) is 24.3 Å². The highest BCUT2D eigenvalue weighted by Gasteiger charge is 2.04. The average Bonchev–Trinajstić information content (AvgIpc) is 2.73. The van der Waals surface area contributed by atoms with E-state index >= 15 is 0 Å². The maximum Gasteiger partial charge on any atom is 0.303 e. The van der Waals surface area contributed by atoms with Crippen LogP contribution in [0.4, 0.5) is 0 Å². The van der Waals surface area contributed by atoms with Gasteiger partial charge in [-0.2, -0.15) is 0 Å². The van der Waals surface area contributed by atoms with E-state index in [0.717, 1.165) is 22.5 Å². The lowest BCUT2D eigenvalue weighted by Crippen LogP contribution is -1.97. The molecular weight excluding hydrogens is 216 g/mol. The van der Waals surface area contributed by atoms with Crippen molar-refractivity contribution in [2.75, 3.05) is 0 Å². The van der Waals surface area contributed by atoms with Crippen molar-refractivity contribution in [2.45, 2.75) is 19.8 Å². The van der Waals surface area contributed by atoms with Crippen molar-refractivity contribution in [3.8, 4) is 11.3 Å². The van der Waals surface area contributed by atoms with E-state index in [4.69, 9.17) is 5.11 Å². The Bertz CT molecular complexity index is 514. The molecule has 4 heteroatoms. The summed E-state index contributed by atoms with van der Waals surface area (Å²) in [5.41, 5.74) is 4.05. The number of aromatic amines is 1. The molecule has 2 aromatic rings. The van der Waals surface area contributed by atoms with Gasteiger partial charge in [0.25, 0.3) is 0 Å². The number of hydrogen-bond donors (Lipinski definition) is 2. The lowest BCUT2D eigenvalue weighted by Gasteiger charge is -2.02. The minimum Gasteiger partial charge on any atom is -0.481 e. The number of aromatic nitrogens is 2. The molecule has 0 radical (unpaired) electrons. The van der Waals surface area contributed by atoms with Gasteiger partial charge in [-0.25, -0.2) is 4.98 Å². The van der Waals surface area contributed by atoms with Gasteiger partial charge >= 0.3 is 5.97 Å². The number of nitrogens with zero attached hydrogens (tertiary/aromatic N) is 1. The molecule has 1 heterocycles. The molecule has 0 saturated heterocycles. The molecule has 0 unspecified atom stereocenters. The minimum absolute atomic E-state index is 0.167. The minimum atomic E-state index is -0.766. The zero-order chi connectivity index (χ0) is 12.3. The highest BCUT2D eigenvalue weighted by molar-refractivity contribution is 5.67. The molecule has 1 aromatic heterocycles. The van der Waals surface area contributed by atoms with Crippen LogP contribution in [0.1, 0.15) is 17.7 Å². The summed E-state index contributed by atoms with van der Waals surface area (Å²) in [4.78, 5) is 17.7. The number of rotatable bonds is 4. The van der Waals surface area contributed by atoms with Gasteiger partial charge in [-0.3, -0.25) is 4.79 Å². The summed E-state index contributed by atoms with van der Waals surface area (Å²) in [6.07, 6.45) is 2.40. The van der Waals surface area contributed by atoms with Gasteiger partial charge in [0.2, 0.25) is 0 Å². The molecule has 0 aliphatic rings. The molecular formula is C13H14N2O2. The molecule has 0 saturated carbocycles. The Morgan fingerprint density at radius 1 is 1.35 bits per heavy atom. The summed E-state index contributed by atoms with van der Waals surface area (Å²) < 4.78 is 0. The summed E-state index contributed by atoms with van der Waals surface area (Å²) in [6.45, 7) is 1.97. The summed E-state index contributed by atoms with van der Waals surface area (Å²) in [5, 5.41) is 8.60. The second-order valence-electron chi connectivity index (χ2n) is 3.97. The lowest BCUT2D eigenvalue weighted by atomic mass is 10.1. The van der Waals surface area contributed by atoms with Crippen molar-refractivity contribution >= 4 is 5.97 Å². The first kappa shape index (κ1) is 11.4. The maximum atomic E-state index is 10.5. The number of nitrogens with one attached hydrogen (secondary N) is 1. The Kier molecular flexibility index (Phi) is 3.23. The van der Waals surface area contributed by atoms with Gasteiger partial charge < -0.3 is 10.1 Å². The molecule has 1 aromatic carbocycles. The van der Waals surface area contributed by atoms with E-state index in [-0.39, 0.29) is 6.42 Å². The highest BCUT2D eigenvalue weighted by Crippen LogP contribution is 2.20. The monoisotopic (exact) mass is 230 g/mol. The zero-order valence-corrected chi connectivity index (χ0v) is 9.60. The van der Waals surface area contributed by atoms with Gasteiger partial charge in [0, 0.05) is 17.7 Å². The first-order valence-electron chi connectivity index (χ1n) is 5.48. The smallest absolute Gasteiger partial charge is 0.303 e. The van der Waals surface area contributed by atoms with Crippen LogP contribution in [-0.2, 0) is 11.2 Å². The van der Waals surface area contributed by atoms with Crippen molar-refractivity contribution in [2.24, 2.45) is 0 Å². The average molecular weight is 230 g/mol. The zero-order valence-electron chi connectivity index (χ0n) is 9.60. The standard InChI is InChI=1S/C13H14N2O2/c1-9-13(15-8-14-9)11-5-2-10(3-6-11)4-7-12(16)17/h2-3,5-6,8H,4,7H2,1H3,(H,14,15)(H,16,17). The Morgan fingerprint density at radius 2 is 2.06 bits per heavy atom. The number of carboxylic acid groups (broad SMARTS) is 1. The van der Waals surface area contributed by atoms with E-state index in [9.17, 15) is 4.79 Å². The topological polar surface area (TPSA) is 66.0 Å². The van der Waals surface area contributed by atoms with Gasteiger partial charge in [0.05, 0.1) is 12.0 Å². The third-order valence-corrected chi connectivity index (χ3v) is 2.68. The van der Waals surface area contributed by atoms with Crippen LogP contribution in [0.5, 0.6) is 0 Å². The van der Waals surface area contributed by atoms with E-state index in [1.54, 1.807) is 6.33 Å². The van der Waals surface area contributed by atoms with Crippen LogP contribution in [0.25, 0.3) is 11.3 Å². The molecule has 0 spiro atoms. The van der Waals surface area contributed by atoms with Crippen LogP contribution in [0, 0.1) is 6.92 Å². The fraction of sp³-hybridized carbons (Fsp3) is 0.231. The van der Waals surface area contributed by atoms with Crippen LogP contribution in [0.2, 0.25) is 0 Å². The van der Waals surface area contributed by atoms with Crippen molar-refractivity contribution < 1.29 is 9.90 Å². The quantitative estimate of drug-likeness (QED) is 0.847. The Hall–Kier alpha value is -2.10. The molecule has 0 fully saturated rings. The van der Waals surface area contributed by atoms with Gasteiger partial charge in [-0.05, 0) is 18.9 Å². The maximum absolute atomic E-state index is 10.5. The third kappa shape index (κ3) is 2.72. The second kappa shape index (κ2) is 4.82. The van der Waals surface area contributed by atoms with Crippen molar-refractivity contribution in [3.05, 3.63) is 41.9 Å². The fourth-order valence-corrected chi connectivity index (χ4v) is 1.73. The number of H-pyrrole nitrogens is 1. The number of imidazole rings is 1. The van der Waals surface area contributed by atoms with Crippen LogP contribution < -0.4 is 0 Å². The number of benzene rings is 1. The second-order valence-corrected chi connectivity index (χ2v) is 3.97. The molecule has 0 aliphatic carbocycles. The molecule has 2 N–H and O–H groups in total. The Morgan fingerprint density at radius 3 is 2.59 bits per heavy atom. The van der Waals surface area contributed by atoms with Crippen molar-refractivity contribution in [1.82, 2.24) is 9.97 Å². The molecule has 2 rings (SSSR count). The highest BCUT2D eigenvalue weighted by atomic mass is 16.4. The fourth-order valence-electron chi connectivity index (χ4n) is 1.73. The first-order valence-corrected chi connectivity index (χ1v) is 5.48. The normalized spacial score (nSPS) is 10.4. The third-order valence-electron chi connectivity index (χ3n) is 2.68. The van der Waals surface area contributed by atoms with Gasteiger partial charge in [0.15, 0.2) is 0 Å². The predicted molar refractivity (Wildman–Crippen MR) is 64.7 cm³/mol. The molecule has 0 amide bonds. The van der Waals surface area contributed by atoms with Crippen LogP contribution in [0.15, 0.2) is 30.6 Å².